The van der Waals surface area contributed by atoms with E-state index in [1.807, 2.05) is 0 Å². The normalized spacial score (nSPS) is 29.4. The summed E-state index contributed by atoms with van der Waals surface area (Å²) in [6, 6.07) is 0.746. The van der Waals surface area contributed by atoms with Crippen LogP contribution in [0.2, 0.25) is 0 Å². The SMILES string of the molecule is CCC.CN1CC2(CCCN2C2COC2)C1. The molecule has 3 heteroatoms. The van der Waals surface area contributed by atoms with E-state index >= 15 is 0 Å². The number of likely N-dealkylation sites (tertiary alicyclic amines) is 2. The van der Waals surface area contributed by atoms with Crippen LogP contribution in [-0.2, 0) is 4.74 Å². The summed E-state index contributed by atoms with van der Waals surface area (Å²) >= 11 is 0. The Labute approximate surface area is 99.7 Å². The van der Waals surface area contributed by atoms with Crippen LogP contribution in [0.4, 0.5) is 0 Å². The van der Waals surface area contributed by atoms with Gasteiger partial charge in [0, 0.05) is 18.6 Å². The van der Waals surface area contributed by atoms with Gasteiger partial charge in [0.05, 0.1) is 19.3 Å². The third-order valence-corrected chi connectivity index (χ3v) is 3.84. The molecule has 0 unspecified atom stereocenters. The molecule has 0 aliphatic carbocycles. The molecule has 0 atom stereocenters. The highest BCUT2D eigenvalue weighted by Gasteiger charge is 2.51. The van der Waals surface area contributed by atoms with Crippen molar-refractivity contribution in [2.75, 3.05) is 39.9 Å². The van der Waals surface area contributed by atoms with Crippen molar-refractivity contribution >= 4 is 0 Å². The van der Waals surface area contributed by atoms with E-state index in [9.17, 15) is 0 Å². The number of nitrogens with zero attached hydrogens (tertiary/aromatic N) is 2. The molecule has 1 spiro atoms. The average Bonchev–Trinajstić information content (AvgIpc) is 2.47. The fourth-order valence-electron chi connectivity index (χ4n) is 3.23. The van der Waals surface area contributed by atoms with Gasteiger partial charge in [-0.15, -0.1) is 0 Å². The first kappa shape index (κ1) is 12.3. The maximum atomic E-state index is 5.28. The predicted octanol–water partition coefficient (Wildman–Crippen LogP) is 1.58. The largest absolute Gasteiger partial charge is 0.378 e. The van der Waals surface area contributed by atoms with Crippen LogP contribution in [0.5, 0.6) is 0 Å². The molecule has 3 heterocycles. The van der Waals surface area contributed by atoms with Crippen molar-refractivity contribution in [3.63, 3.8) is 0 Å². The molecule has 0 N–H and O–H groups in total. The number of ether oxygens (including phenoxy) is 1. The van der Waals surface area contributed by atoms with Crippen molar-refractivity contribution in [1.82, 2.24) is 9.80 Å². The summed E-state index contributed by atoms with van der Waals surface area (Å²) < 4.78 is 5.28. The molecule has 0 saturated carbocycles. The molecule has 3 rings (SSSR count). The zero-order valence-electron chi connectivity index (χ0n) is 11.0. The zero-order valence-corrected chi connectivity index (χ0v) is 11.0. The number of hydrogen-bond donors (Lipinski definition) is 0. The molecule has 0 radical (unpaired) electrons. The maximum Gasteiger partial charge on any atom is 0.0645 e. The molecule has 0 bridgehead atoms. The molecule has 94 valence electrons. The van der Waals surface area contributed by atoms with E-state index in [2.05, 4.69) is 30.7 Å². The summed E-state index contributed by atoms with van der Waals surface area (Å²) in [5, 5.41) is 0. The van der Waals surface area contributed by atoms with Gasteiger partial charge in [0.1, 0.15) is 0 Å². The van der Waals surface area contributed by atoms with Crippen LogP contribution < -0.4 is 0 Å². The quantitative estimate of drug-likeness (QED) is 0.675. The van der Waals surface area contributed by atoms with Crippen molar-refractivity contribution in [2.24, 2.45) is 0 Å². The molecule has 3 fully saturated rings. The molecule has 0 aromatic carbocycles. The van der Waals surface area contributed by atoms with E-state index < -0.39 is 0 Å². The van der Waals surface area contributed by atoms with Gasteiger partial charge in [-0.3, -0.25) is 4.90 Å². The number of likely N-dealkylation sites (N-methyl/N-ethyl adjacent to an activating group) is 1. The second kappa shape index (κ2) is 5.03. The summed E-state index contributed by atoms with van der Waals surface area (Å²) in [5.41, 5.74) is 0.559. The van der Waals surface area contributed by atoms with Crippen molar-refractivity contribution in [3.05, 3.63) is 0 Å². The molecule has 16 heavy (non-hydrogen) atoms. The molecule has 3 saturated heterocycles. The maximum absolute atomic E-state index is 5.28. The Balaban J connectivity index is 0.000000292. The summed E-state index contributed by atoms with van der Waals surface area (Å²) in [7, 11) is 2.22. The fraction of sp³-hybridized carbons (Fsp3) is 1.00. The van der Waals surface area contributed by atoms with Crippen molar-refractivity contribution in [3.8, 4) is 0 Å². The molecule has 0 amide bonds. The summed E-state index contributed by atoms with van der Waals surface area (Å²) in [6.45, 7) is 10.1. The van der Waals surface area contributed by atoms with Gasteiger partial charge < -0.3 is 9.64 Å². The molecule has 3 nitrogen and oxygen atoms in total. The van der Waals surface area contributed by atoms with E-state index in [1.54, 1.807) is 0 Å². The molecule has 0 aromatic heterocycles. The molecular formula is C13H26N2O. The topological polar surface area (TPSA) is 15.7 Å². The summed E-state index contributed by atoms with van der Waals surface area (Å²) in [5.74, 6) is 0. The van der Waals surface area contributed by atoms with E-state index in [-0.39, 0.29) is 0 Å². The Morgan fingerprint density at radius 3 is 2.31 bits per heavy atom. The van der Waals surface area contributed by atoms with Gasteiger partial charge in [-0.1, -0.05) is 20.3 Å². The van der Waals surface area contributed by atoms with E-state index in [4.69, 9.17) is 4.74 Å². The van der Waals surface area contributed by atoms with Gasteiger partial charge in [-0.2, -0.15) is 0 Å². The lowest BCUT2D eigenvalue weighted by atomic mass is 9.86. The minimum absolute atomic E-state index is 0.559. The minimum Gasteiger partial charge on any atom is -0.378 e. The second-order valence-electron chi connectivity index (χ2n) is 5.59. The van der Waals surface area contributed by atoms with Crippen LogP contribution in [0.15, 0.2) is 0 Å². The molecule has 0 aromatic rings. The first-order chi connectivity index (χ1) is 7.72. The van der Waals surface area contributed by atoms with Gasteiger partial charge in [-0.25, -0.2) is 0 Å². The van der Waals surface area contributed by atoms with Gasteiger partial charge in [0.2, 0.25) is 0 Å². The van der Waals surface area contributed by atoms with Crippen molar-refractivity contribution < 1.29 is 4.74 Å². The van der Waals surface area contributed by atoms with E-state index in [0.29, 0.717) is 5.54 Å². The summed E-state index contributed by atoms with van der Waals surface area (Å²) in [6.07, 6.45) is 4.05. The summed E-state index contributed by atoms with van der Waals surface area (Å²) in [4.78, 5) is 5.15. The van der Waals surface area contributed by atoms with Crippen LogP contribution in [0.25, 0.3) is 0 Å². The third-order valence-electron chi connectivity index (χ3n) is 3.84. The highest BCUT2D eigenvalue weighted by atomic mass is 16.5. The standard InChI is InChI=1S/C10H18N2O.C3H8/c1-11-7-10(8-11)3-2-4-12(10)9-5-13-6-9;1-3-2/h9H,2-8H2,1H3;3H2,1-2H3. The predicted molar refractivity (Wildman–Crippen MR) is 66.7 cm³/mol. The smallest absolute Gasteiger partial charge is 0.0645 e. The van der Waals surface area contributed by atoms with Crippen LogP contribution in [-0.4, -0.2) is 61.3 Å². The van der Waals surface area contributed by atoms with Crippen LogP contribution in [0.3, 0.4) is 0 Å². The van der Waals surface area contributed by atoms with Crippen LogP contribution >= 0.6 is 0 Å². The monoisotopic (exact) mass is 226 g/mol. The lowest BCUT2D eigenvalue weighted by Gasteiger charge is -2.55. The lowest BCUT2D eigenvalue weighted by Crippen LogP contribution is -2.70. The Kier molecular flexibility index (Phi) is 3.88. The van der Waals surface area contributed by atoms with Crippen LogP contribution in [0, 0.1) is 0 Å². The molecular weight excluding hydrogens is 200 g/mol. The second-order valence-corrected chi connectivity index (χ2v) is 5.59. The van der Waals surface area contributed by atoms with Crippen molar-refractivity contribution in [2.45, 2.75) is 44.7 Å². The average molecular weight is 226 g/mol. The number of rotatable bonds is 1. The number of hydrogen-bond acceptors (Lipinski definition) is 3. The molecule has 3 aliphatic heterocycles. The van der Waals surface area contributed by atoms with E-state index in [1.165, 1.54) is 38.9 Å². The van der Waals surface area contributed by atoms with Gasteiger partial charge in [0.15, 0.2) is 0 Å². The lowest BCUT2D eigenvalue weighted by molar-refractivity contribution is -0.123. The Bertz CT molecular complexity index is 222. The third kappa shape index (κ3) is 2.13. The van der Waals surface area contributed by atoms with Crippen molar-refractivity contribution in [1.29, 1.82) is 0 Å². The first-order valence-electron chi connectivity index (χ1n) is 6.75. The zero-order chi connectivity index (χ0) is 11.6. The van der Waals surface area contributed by atoms with Crippen LogP contribution in [0.1, 0.15) is 33.1 Å². The highest BCUT2D eigenvalue weighted by molar-refractivity contribution is 5.08. The Morgan fingerprint density at radius 1 is 1.25 bits per heavy atom. The van der Waals surface area contributed by atoms with Gasteiger partial charge in [-0.05, 0) is 26.4 Å². The Hall–Kier alpha value is -0.120. The highest BCUT2D eigenvalue weighted by Crippen LogP contribution is 2.39. The fourth-order valence-corrected chi connectivity index (χ4v) is 3.23. The van der Waals surface area contributed by atoms with Gasteiger partial charge >= 0.3 is 0 Å². The minimum atomic E-state index is 0.559. The first-order valence-corrected chi connectivity index (χ1v) is 6.75. The molecule has 3 aliphatic rings. The Morgan fingerprint density at radius 2 is 1.88 bits per heavy atom. The van der Waals surface area contributed by atoms with E-state index in [0.717, 1.165) is 19.3 Å². The van der Waals surface area contributed by atoms with Gasteiger partial charge in [0.25, 0.3) is 0 Å².